The van der Waals surface area contributed by atoms with Crippen LogP contribution < -0.4 is 4.74 Å². The van der Waals surface area contributed by atoms with Crippen molar-refractivity contribution in [1.82, 2.24) is 4.90 Å². The van der Waals surface area contributed by atoms with Gasteiger partial charge in [0.25, 0.3) is 0 Å². The van der Waals surface area contributed by atoms with Crippen LogP contribution in [-0.2, 0) is 4.74 Å². The van der Waals surface area contributed by atoms with Crippen LogP contribution in [0.5, 0.6) is 5.75 Å². The molecule has 1 saturated heterocycles. The lowest BCUT2D eigenvalue weighted by atomic mass is 10.1. The molecular weight excluding hydrogens is 373 g/mol. The fraction of sp³-hybridized carbons (Fsp3) is 0.200. The smallest absolute Gasteiger partial charge is 0.409 e. The van der Waals surface area contributed by atoms with Crippen molar-refractivity contribution in [2.45, 2.75) is 0 Å². The van der Waals surface area contributed by atoms with Gasteiger partial charge in [0.2, 0.25) is 0 Å². The molecule has 0 aromatic heterocycles. The number of carbonyl (C=O) groups excluding carboxylic acids is 2. The lowest BCUT2D eigenvalue weighted by Gasteiger charge is -2.26. The quantitative estimate of drug-likeness (QED) is 0.580. The number of benzene rings is 2. The molecule has 0 spiro atoms. The summed E-state index contributed by atoms with van der Waals surface area (Å²) in [6.07, 6.45) is 2.28. The monoisotopic (exact) mass is 389 g/mol. The zero-order valence-corrected chi connectivity index (χ0v) is 15.1. The van der Waals surface area contributed by atoms with Crippen molar-refractivity contribution < 1.29 is 23.5 Å². The van der Waals surface area contributed by atoms with Crippen LogP contribution in [0.25, 0.3) is 6.08 Å². The fourth-order valence-electron chi connectivity index (χ4n) is 2.52. The molecule has 0 N–H and O–H groups in total. The van der Waals surface area contributed by atoms with Gasteiger partial charge >= 0.3 is 6.09 Å². The molecule has 1 heterocycles. The summed E-state index contributed by atoms with van der Waals surface area (Å²) in [5.74, 6) is -1.06. The van der Waals surface area contributed by atoms with Crippen LogP contribution >= 0.6 is 11.6 Å². The van der Waals surface area contributed by atoms with E-state index in [9.17, 15) is 14.0 Å². The average molecular weight is 390 g/mol. The summed E-state index contributed by atoms with van der Waals surface area (Å²) < 4.78 is 24.2. The number of morpholine rings is 1. The normalized spacial score (nSPS) is 14.4. The Balaban J connectivity index is 1.77. The molecule has 5 nitrogen and oxygen atoms in total. The number of ether oxygens (including phenoxy) is 2. The minimum atomic E-state index is -0.597. The molecule has 1 fully saturated rings. The van der Waals surface area contributed by atoms with Crippen LogP contribution in [0.2, 0.25) is 5.02 Å². The topological polar surface area (TPSA) is 55.8 Å². The molecule has 1 amide bonds. The van der Waals surface area contributed by atoms with Crippen molar-refractivity contribution in [3.63, 3.8) is 0 Å². The first-order valence-electron chi connectivity index (χ1n) is 8.35. The molecule has 1 aliphatic rings. The molecule has 2 aromatic rings. The summed E-state index contributed by atoms with van der Waals surface area (Å²) in [5, 5.41) is 0.584. The average Bonchev–Trinajstić information content (AvgIpc) is 2.69. The first-order valence-corrected chi connectivity index (χ1v) is 8.73. The highest BCUT2D eigenvalue weighted by molar-refractivity contribution is 6.30. The number of halogens is 2. The van der Waals surface area contributed by atoms with Crippen LogP contribution in [0.4, 0.5) is 9.18 Å². The number of ketones is 1. The molecule has 0 bridgehead atoms. The van der Waals surface area contributed by atoms with Crippen LogP contribution in [0.15, 0.2) is 48.5 Å². The summed E-state index contributed by atoms with van der Waals surface area (Å²) in [7, 11) is 0. The summed E-state index contributed by atoms with van der Waals surface area (Å²) in [5.41, 5.74) is 0.734. The third kappa shape index (κ3) is 5.15. The van der Waals surface area contributed by atoms with E-state index in [1.165, 1.54) is 17.0 Å². The molecule has 0 saturated carbocycles. The SMILES string of the molecule is O=C(/C=C/c1ccc(Cl)cc1)c1cc(F)ccc1OC(=O)N1CCOCC1. The van der Waals surface area contributed by atoms with Gasteiger partial charge in [-0.3, -0.25) is 4.79 Å². The van der Waals surface area contributed by atoms with Gasteiger partial charge in [0, 0.05) is 18.1 Å². The highest BCUT2D eigenvalue weighted by Crippen LogP contribution is 2.22. The Bertz CT molecular complexity index is 861. The van der Waals surface area contributed by atoms with E-state index >= 15 is 0 Å². The van der Waals surface area contributed by atoms with Gasteiger partial charge in [-0.25, -0.2) is 9.18 Å². The molecule has 0 radical (unpaired) electrons. The number of rotatable bonds is 4. The maximum Gasteiger partial charge on any atom is 0.415 e. The largest absolute Gasteiger partial charge is 0.415 e. The second-order valence-electron chi connectivity index (χ2n) is 5.86. The van der Waals surface area contributed by atoms with Gasteiger partial charge in [0.15, 0.2) is 5.78 Å². The van der Waals surface area contributed by atoms with Crippen molar-refractivity contribution in [3.05, 3.63) is 70.5 Å². The van der Waals surface area contributed by atoms with Crippen LogP contribution in [0.1, 0.15) is 15.9 Å². The summed E-state index contributed by atoms with van der Waals surface area (Å²) >= 11 is 5.83. The van der Waals surface area contributed by atoms with E-state index in [1.807, 2.05) is 0 Å². The van der Waals surface area contributed by atoms with E-state index in [0.717, 1.165) is 17.7 Å². The third-order valence-corrected chi connectivity index (χ3v) is 4.22. The zero-order chi connectivity index (χ0) is 19.2. The molecule has 0 aliphatic carbocycles. The predicted molar refractivity (Wildman–Crippen MR) is 99.6 cm³/mol. The Morgan fingerprint density at radius 3 is 2.52 bits per heavy atom. The molecule has 27 heavy (non-hydrogen) atoms. The molecule has 1 aliphatic heterocycles. The second kappa shape index (κ2) is 8.79. The first kappa shape index (κ1) is 19.1. The Labute approximate surface area is 160 Å². The Morgan fingerprint density at radius 2 is 1.81 bits per heavy atom. The van der Waals surface area contributed by atoms with Crippen molar-refractivity contribution in [2.24, 2.45) is 0 Å². The molecule has 140 valence electrons. The number of hydrogen-bond acceptors (Lipinski definition) is 4. The minimum absolute atomic E-state index is 0.0126. The minimum Gasteiger partial charge on any atom is -0.409 e. The maximum atomic E-state index is 13.6. The van der Waals surface area contributed by atoms with Crippen molar-refractivity contribution in [2.75, 3.05) is 26.3 Å². The van der Waals surface area contributed by atoms with E-state index in [0.29, 0.717) is 31.3 Å². The molecule has 0 atom stereocenters. The highest BCUT2D eigenvalue weighted by Gasteiger charge is 2.21. The van der Waals surface area contributed by atoms with Crippen molar-refractivity contribution >= 4 is 29.6 Å². The highest BCUT2D eigenvalue weighted by atomic mass is 35.5. The lowest BCUT2D eigenvalue weighted by Crippen LogP contribution is -2.42. The summed E-state index contributed by atoms with van der Waals surface area (Å²) in [6.45, 7) is 1.65. The molecule has 2 aromatic carbocycles. The van der Waals surface area contributed by atoms with Crippen LogP contribution in [0, 0.1) is 5.82 Å². The maximum absolute atomic E-state index is 13.6. The standard InChI is InChI=1S/C20H17ClFNO4/c21-15-4-1-14(2-5-15)3-7-18(24)17-13-16(22)6-8-19(17)27-20(25)23-9-11-26-12-10-23/h1-8,13H,9-12H2/b7-3+. The summed E-state index contributed by atoms with van der Waals surface area (Å²) in [4.78, 5) is 26.2. The van der Waals surface area contributed by atoms with Gasteiger partial charge in [-0.1, -0.05) is 29.8 Å². The first-order chi connectivity index (χ1) is 13.0. The van der Waals surface area contributed by atoms with Crippen molar-refractivity contribution in [3.8, 4) is 5.75 Å². The Morgan fingerprint density at radius 1 is 1.11 bits per heavy atom. The van der Waals surface area contributed by atoms with Gasteiger partial charge in [-0.15, -0.1) is 0 Å². The van der Waals surface area contributed by atoms with Gasteiger partial charge < -0.3 is 14.4 Å². The molecule has 3 rings (SSSR count). The van der Waals surface area contributed by atoms with E-state index in [2.05, 4.69) is 0 Å². The van der Waals surface area contributed by atoms with Gasteiger partial charge in [-0.2, -0.15) is 0 Å². The molecular formula is C20H17ClFNO4. The van der Waals surface area contributed by atoms with Crippen molar-refractivity contribution in [1.29, 1.82) is 0 Å². The predicted octanol–water partition coefficient (Wildman–Crippen LogP) is 4.21. The van der Waals surface area contributed by atoms with Gasteiger partial charge in [-0.05, 0) is 42.0 Å². The van der Waals surface area contributed by atoms with E-state index in [4.69, 9.17) is 21.1 Å². The number of carbonyl (C=O) groups is 2. The Hall–Kier alpha value is -2.70. The molecule has 7 heteroatoms. The van der Waals surface area contributed by atoms with Gasteiger partial charge in [0.05, 0.1) is 18.8 Å². The summed E-state index contributed by atoms with van der Waals surface area (Å²) in [6, 6.07) is 10.4. The number of hydrogen-bond donors (Lipinski definition) is 0. The molecule has 0 unspecified atom stereocenters. The number of nitrogens with zero attached hydrogens (tertiary/aromatic N) is 1. The van der Waals surface area contributed by atoms with Crippen LogP contribution in [-0.4, -0.2) is 43.1 Å². The van der Waals surface area contributed by atoms with Crippen LogP contribution in [0.3, 0.4) is 0 Å². The van der Waals surface area contributed by atoms with E-state index in [1.54, 1.807) is 30.3 Å². The lowest BCUT2D eigenvalue weighted by molar-refractivity contribution is 0.0415. The van der Waals surface area contributed by atoms with E-state index < -0.39 is 17.7 Å². The number of allylic oxidation sites excluding steroid dienone is 1. The van der Waals surface area contributed by atoms with Gasteiger partial charge in [0.1, 0.15) is 11.6 Å². The number of amides is 1. The second-order valence-corrected chi connectivity index (χ2v) is 6.29. The zero-order valence-electron chi connectivity index (χ0n) is 14.4. The Kier molecular flexibility index (Phi) is 6.21. The fourth-order valence-corrected chi connectivity index (χ4v) is 2.65. The third-order valence-electron chi connectivity index (χ3n) is 3.97. The van der Waals surface area contributed by atoms with E-state index in [-0.39, 0.29) is 11.3 Å².